The normalized spacial score (nSPS) is 10.6. The first-order valence-electron chi connectivity index (χ1n) is 6.54. The Hall–Kier alpha value is -2.23. The summed E-state index contributed by atoms with van der Waals surface area (Å²) in [6.45, 7) is 7.43. The molecule has 0 saturated carbocycles. The van der Waals surface area contributed by atoms with Gasteiger partial charge in [0.25, 0.3) is 5.56 Å². The number of hydrogen-bond donors (Lipinski definition) is 0. The molecule has 0 spiro atoms. The van der Waals surface area contributed by atoms with E-state index in [0.29, 0.717) is 17.1 Å². The second-order valence-electron chi connectivity index (χ2n) is 5.11. The smallest absolute Gasteiger partial charge is 0.254 e. The Bertz CT molecular complexity index is 730. The number of nitrogens with zero attached hydrogens (tertiary/aromatic N) is 2. The van der Waals surface area contributed by atoms with Crippen LogP contribution in [-0.2, 0) is 6.54 Å². The fourth-order valence-corrected chi connectivity index (χ4v) is 2.31. The van der Waals surface area contributed by atoms with E-state index >= 15 is 0 Å². The van der Waals surface area contributed by atoms with Crippen LogP contribution in [0.4, 0.5) is 0 Å². The van der Waals surface area contributed by atoms with Crippen molar-refractivity contribution < 1.29 is 4.79 Å². The van der Waals surface area contributed by atoms with E-state index in [9.17, 15) is 9.59 Å². The summed E-state index contributed by atoms with van der Waals surface area (Å²) in [7, 11) is 0. The van der Waals surface area contributed by atoms with Gasteiger partial charge in [0.1, 0.15) is 5.82 Å². The Kier molecular flexibility index (Phi) is 3.84. The summed E-state index contributed by atoms with van der Waals surface area (Å²) < 4.78 is 1.41. The third-order valence-corrected chi connectivity index (χ3v) is 3.31. The standard InChI is InChI=1S/C16H18N2O2/c1-10-5-6-14(11(2)7-10)15(19)9-18-13(4)17-12(3)8-16(18)20/h5-8H,9H2,1-4H3. The van der Waals surface area contributed by atoms with Gasteiger partial charge in [-0.2, -0.15) is 0 Å². The van der Waals surface area contributed by atoms with Crippen molar-refractivity contribution in [1.29, 1.82) is 0 Å². The molecule has 1 heterocycles. The maximum atomic E-state index is 12.3. The van der Waals surface area contributed by atoms with Crippen LogP contribution in [0.25, 0.3) is 0 Å². The van der Waals surface area contributed by atoms with E-state index in [1.54, 1.807) is 13.8 Å². The quantitative estimate of drug-likeness (QED) is 0.804. The van der Waals surface area contributed by atoms with Crippen molar-refractivity contribution >= 4 is 5.78 Å². The number of carbonyl (C=O) groups is 1. The molecule has 0 unspecified atom stereocenters. The first kappa shape index (κ1) is 14.2. The molecule has 0 aliphatic rings. The zero-order chi connectivity index (χ0) is 14.9. The van der Waals surface area contributed by atoms with Gasteiger partial charge in [0.15, 0.2) is 5.78 Å². The lowest BCUT2D eigenvalue weighted by molar-refractivity contribution is 0.0969. The third kappa shape index (κ3) is 2.85. The van der Waals surface area contributed by atoms with Crippen LogP contribution in [0.1, 0.15) is 33.0 Å². The highest BCUT2D eigenvalue weighted by atomic mass is 16.1. The first-order chi connectivity index (χ1) is 9.38. The van der Waals surface area contributed by atoms with Gasteiger partial charge in [-0.25, -0.2) is 4.98 Å². The van der Waals surface area contributed by atoms with Gasteiger partial charge in [-0.15, -0.1) is 0 Å². The maximum Gasteiger partial charge on any atom is 0.254 e. The Labute approximate surface area is 118 Å². The van der Waals surface area contributed by atoms with Gasteiger partial charge in [-0.05, 0) is 33.3 Å². The molecular weight excluding hydrogens is 252 g/mol. The molecule has 0 fully saturated rings. The molecule has 2 rings (SSSR count). The first-order valence-corrected chi connectivity index (χ1v) is 6.54. The third-order valence-electron chi connectivity index (χ3n) is 3.31. The number of hydrogen-bond acceptors (Lipinski definition) is 3. The van der Waals surface area contributed by atoms with Crippen LogP contribution in [0.5, 0.6) is 0 Å². The van der Waals surface area contributed by atoms with E-state index in [1.807, 2.05) is 32.0 Å². The van der Waals surface area contributed by atoms with Crippen molar-refractivity contribution in [3.63, 3.8) is 0 Å². The lowest BCUT2D eigenvalue weighted by Crippen LogP contribution is -2.27. The van der Waals surface area contributed by atoms with Crippen LogP contribution in [-0.4, -0.2) is 15.3 Å². The van der Waals surface area contributed by atoms with Crippen LogP contribution >= 0.6 is 0 Å². The average Bonchev–Trinajstić information content (AvgIpc) is 2.33. The molecular formula is C16H18N2O2. The number of aryl methyl sites for hydroxylation is 4. The predicted molar refractivity (Wildman–Crippen MR) is 78.2 cm³/mol. The number of benzene rings is 1. The van der Waals surface area contributed by atoms with Gasteiger partial charge in [0.2, 0.25) is 0 Å². The zero-order valence-electron chi connectivity index (χ0n) is 12.2. The Morgan fingerprint density at radius 2 is 1.85 bits per heavy atom. The van der Waals surface area contributed by atoms with E-state index in [1.165, 1.54) is 10.6 Å². The van der Waals surface area contributed by atoms with Crippen molar-refractivity contribution in [3.8, 4) is 0 Å². The molecule has 2 aromatic rings. The molecule has 0 bridgehead atoms. The number of Topliss-reactive ketones (excluding diaryl/α,β-unsaturated/α-hetero) is 1. The van der Waals surface area contributed by atoms with Gasteiger partial charge in [-0.1, -0.05) is 23.8 Å². The number of ketones is 1. The average molecular weight is 270 g/mol. The minimum absolute atomic E-state index is 0.0296. The van der Waals surface area contributed by atoms with Crippen molar-refractivity contribution in [1.82, 2.24) is 9.55 Å². The second-order valence-corrected chi connectivity index (χ2v) is 5.11. The number of carbonyl (C=O) groups excluding carboxylic acids is 1. The lowest BCUT2D eigenvalue weighted by Gasteiger charge is -2.10. The number of aromatic nitrogens is 2. The van der Waals surface area contributed by atoms with Crippen LogP contribution in [0, 0.1) is 27.7 Å². The molecule has 0 N–H and O–H groups in total. The van der Waals surface area contributed by atoms with Crippen molar-refractivity contribution in [3.05, 3.63) is 62.8 Å². The Morgan fingerprint density at radius 1 is 1.15 bits per heavy atom. The molecule has 0 saturated heterocycles. The summed E-state index contributed by atoms with van der Waals surface area (Å²) in [6, 6.07) is 7.14. The maximum absolute atomic E-state index is 12.3. The largest absolute Gasteiger partial charge is 0.292 e. The van der Waals surface area contributed by atoms with Gasteiger partial charge < -0.3 is 0 Å². The molecule has 0 atom stereocenters. The van der Waals surface area contributed by atoms with E-state index in [-0.39, 0.29) is 17.9 Å². The van der Waals surface area contributed by atoms with Gasteiger partial charge in [-0.3, -0.25) is 14.2 Å². The minimum Gasteiger partial charge on any atom is -0.292 e. The summed E-state index contributed by atoms with van der Waals surface area (Å²) in [6.07, 6.45) is 0. The summed E-state index contributed by atoms with van der Waals surface area (Å²) in [5.41, 5.74) is 3.18. The van der Waals surface area contributed by atoms with E-state index in [2.05, 4.69) is 4.98 Å². The van der Waals surface area contributed by atoms with E-state index in [0.717, 1.165) is 11.1 Å². The lowest BCUT2D eigenvalue weighted by atomic mass is 10.0. The Morgan fingerprint density at radius 3 is 2.45 bits per heavy atom. The monoisotopic (exact) mass is 270 g/mol. The van der Waals surface area contributed by atoms with Gasteiger partial charge >= 0.3 is 0 Å². The highest BCUT2D eigenvalue weighted by Crippen LogP contribution is 2.12. The van der Waals surface area contributed by atoms with Crippen molar-refractivity contribution in [2.75, 3.05) is 0 Å². The summed E-state index contributed by atoms with van der Waals surface area (Å²) >= 11 is 0. The highest BCUT2D eigenvalue weighted by Gasteiger charge is 2.12. The molecule has 0 radical (unpaired) electrons. The molecule has 1 aromatic heterocycles. The van der Waals surface area contributed by atoms with Crippen LogP contribution in [0.2, 0.25) is 0 Å². The van der Waals surface area contributed by atoms with Crippen molar-refractivity contribution in [2.45, 2.75) is 34.2 Å². The van der Waals surface area contributed by atoms with Crippen LogP contribution in [0.3, 0.4) is 0 Å². The Balaban J connectivity index is 2.35. The molecule has 1 aromatic carbocycles. The topological polar surface area (TPSA) is 52.0 Å². The molecule has 104 valence electrons. The summed E-state index contributed by atoms with van der Waals surface area (Å²) in [5, 5.41) is 0. The minimum atomic E-state index is -0.187. The summed E-state index contributed by atoms with van der Waals surface area (Å²) in [5.74, 6) is 0.492. The number of rotatable bonds is 3. The van der Waals surface area contributed by atoms with E-state index in [4.69, 9.17) is 0 Å². The molecule has 4 heteroatoms. The zero-order valence-corrected chi connectivity index (χ0v) is 12.2. The fraction of sp³-hybridized carbons (Fsp3) is 0.312. The van der Waals surface area contributed by atoms with Crippen molar-refractivity contribution in [2.24, 2.45) is 0 Å². The SMILES string of the molecule is Cc1ccc(C(=O)Cn2c(C)nc(C)cc2=O)c(C)c1. The fourth-order valence-electron chi connectivity index (χ4n) is 2.31. The molecule has 4 nitrogen and oxygen atoms in total. The molecule has 20 heavy (non-hydrogen) atoms. The molecule has 0 aliphatic carbocycles. The van der Waals surface area contributed by atoms with E-state index < -0.39 is 0 Å². The van der Waals surface area contributed by atoms with Gasteiger partial charge in [0, 0.05) is 17.3 Å². The highest BCUT2D eigenvalue weighted by molar-refractivity contribution is 5.97. The van der Waals surface area contributed by atoms with Gasteiger partial charge in [0.05, 0.1) is 6.54 Å². The molecule has 0 aliphatic heterocycles. The molecule has 0 amide bonds. The van der Waals surface area contributed by atoms with Crippen LogP contribution in [0.15, 0.2) is 29.1 Å². The van der Waals surface area contributed by atoms with Crippen LogP contribution < -0.4 is 5.56 Å². The second kappa shape index (κ2) is 5.41. The predicted octanol–water partition coefficient (Wildman–Crippen LogP) is 2.36. The summed E-state index contributed by atoms with van der Waals surface area (Å²) in [4.78, 5) is 28.5.